The van der Waals surface area contributed by atoms with Gasteiger partial charge in [0.15, 0.2) is 0 Å². The molecule has 1 aromatic heterocycles. The van der Waals surface area contributed by atoms with Crippen LogP contribution in [0.15, 0.2) is 60.3 Å². The van der Waals surface area contributed by atoms with Crippen LogP contribution in [0.1, 0.15) is 136 Å². The third kappa shape index (κ3) is 24.7. The van der Waals surface area contributed by atoms with Gasteiger partial charge in [-0.25, -0.2) is 9.78 Å². The molecule has 2 aromatic rings. The number of unbranched alkanes of at least 4 members (excludes halogenated alkanes) is 8. The number of phenols is 1. The number of esters is 1. The highest BCUT2D eigenvalue weighted by molar-refractivity contribution is 6.03. The summed E-state index contributed by atoms with van der Waals surface area (Å²) in [6.45, 7) is 7.36. The number of aromatic hydroxyl groups is 1. The van der Waals surface area contributed by atoms with E-state index in [1.807, 2.05) is 0 Å². The number of H-pyrrole nitrogens is 1. The smallest absolute Gasteiger partial charge is 0.329 e. The van der Waals surface area contributed by atoms with E-state index in [0.29, 0.717) is 18.4 Å². The van der Waals surface area contributed by atoms with Gasteiger partial charge in [0.25, 0.3) is 11.8 Å². The van der Waals surface area contributed by atoms with Crippen molar-refractivity contribution >= 4 is 65.0 Å². The van der Waals surface area contributed by atoms with Crippen LogP contribution in [0.2, 0.25) is 0 Å². The van der Waals surface area contributed by atoms with Gasteiger partial charge in [-0.05, 0) is 65.2 Å². The average Bonchev–Trinajstić information content (AvgIpc) is 4.02. The van der Waals surface area contributed by atoms with Crippen LogP contribution in [-0.4, -0.2) is 163 Å². The van der Waals surface area contributed by atoms with Crippen molar-refractivity contribution in [2.24, 2.45) is 5.73 Å². The fourth-order valence-electron chi connectivity index (χ4n) is 8.67. The number of cyclic esters (lactones) is 1. The van der Waals surface area contributed by atoms with Gasteiger partial charge >= 0.3 is 5.97 Å². The third-order valence-corrected chi connectivity index (χ3v) is 13.5. The molecule has 0 unspecified atom stereocenters. The largest absolute Gasteiger partial charge is 0.508 e. The number of hydrogen-bond donors (Lipinski definition) is 15. The number of amides is 10. The standard InChI is InChI=1S/C56H84N12O16/c1-7-10-11-12-13-14-15-16-17-18-37(72)27-44(74)61-38(8-2)51(78)68-48-33(6)84-56(83)42(26-35-28-58-30-60-35)65-53(80)46(31(4)69)66-45(75)29-59-49(76)40(23-24-43(57)73)63-50(77)39(9-3)62-52(79)41(25-34-19-21-36(71)22-20-34)64-54(81)47(32(5)70)67-55(48)82/h8-9,19-22,28,30-33,37,40-42,46-48,69-72H,7,10-18,23-27,29H2,1-6H3,(H2,57,73)(H,58,60)(H,59,76)(H,61,74)(H,62,79)(H,63,77)(H,64,81)(H,65,80)(H,66,75)(H,67,82)(H,68,78)/b38-8-,39-9+/t31-,32-,33+,37-,40+,41+,42+,46-,47+,48-/m0/s1. The summed E-state index contributed by atoms with van der Waals surface area (Å²) in [4.78, 5) is 158. The van der Waals surface area contributed by atoms with Crippen LogP contribution in [0.4, 0.5) is 0 Å². The molecule has 16 N–H and O–H groups in total. The van der Waals surface area contributed by atoms with Gasteiger partial charge in [-0.2, -0.15) is 0 Å². The highest BCUT2D eigenvalue weighted by Gasteiger charge is 2.39. The Morgan fingerprint density at radius 2 is 1.37 bits per heavy atom. The van der Waals surface area contributed by atoms with E-state index < -0.39 is 169 Å². The summed E-state index contributed by atoms with van der Waals surface area (Å²) < 4.78 is 5.75. The molecule has 10 amide bonds. The number of allylic oxidation sites excluding steroid dienone is 2. The van der Waals surface area contributed by atoms with Gasteiger partial charge in [0, 0.05) is 31.2 Å². The van der Waals surface area contributed by atoms with Crippen molar-refractivity contribution in [3.05, 3.63) is 71.6 Å². The second-order valence-electron chi connectivity index (χ2n) is 20.5. The van der Waals surface area contributed by atoms with Gasteiger partial charge in [-0.3, -0.25) is 47.9 Å². The first-order chi connectivity index (χ1) is 39.9. The highest BCUT2D eigenvalue weighted by Crippen LogP contribution is 2.16. The van der Waals surface area contributed by atoms with Gasteiger partial charge in [0.2, 0.25) is 47.3 Å². The number of benzene rings is 1. The molecule has 0 radical (unpaired) electrons. The first kappa shape index (κ1) is 70.0. The van der Waals surface area contributed by atoms with Gasteiger partial charge in [0.05, 0.1) is 37.6 Å². The maximum atomic E-state index is 14.6. The maximum absolute atomic E-state index is 14.6. The molecule has 0 bridgehead atoms. The Morgan fingerprint density at radius 3 is 1.94 bits per heavy atom. The van der Waals surface area contributed by atoms with Gasteiger partial charge in [-0.1, -0.05) is 89.0 Å². The van der Waals surface area contributed by atoms with Crippen LogP contribution in [-0.2, 0) is 70.3 Å². The SMILES string of the molecule is C/C=C(\NC(=O)C[C@@H](O)CCCCCCCCCCC)C(=O)N[C@@H]1C(=O)N[C@H]([C@H](C)O)C(=O)N[C@H](Cc2ccc(O)cc2)C(=O)N/C(=C/C)C(=O)N[C@H](CCC(N)=O)C(=O)NCC(=O)N[C@@H]([C@H](C)O)C(=O)N[C@H](Cc2cnc[nH]2)C(=O)O[C@@H]1C. The molecule has 464 valence electrons. The molecule has 10 atom stereocenters. The highest BCUT2D eigenvalue weighted by atomic mass is 16.5. The van der Waals surface area contributed by atoms with E-state index in [4.69, 9.17) is 10.5 Å². The number of aliphatic hydroxyl groups is 3. The molecule has 1 saturated heterocycles. The fraction of sp³-hybridized carbons (Fsp3) is 0.571. The quantitative estimate of drug-likeness (QED) is 0.0327. The van der Waals surface area contributed by atoms with E-state index in [1.54, 1.807) is 0 Å². The van der Waals surface area contributed by atoms with E-state index >= 15 is 0 Å². The summed E-state index contributed by atoms with van der Waals surface area (Å²) in [6.07, 6.45) is 6.30. The molecule has 1 aromatic carbocycles. The van der Waals surface area contributed by atoms with Crippen LogP contribution in [0.3, 0.4) is 0 Å². The summed E-state index contributed by atoms with van der Waals surface area (Å²) in [6, 6.07) is -5.39. The first-order valence-electron chi connectivity index (χ1n) is 28.2. The van der Waals surface area contributed by atoms with E-state index in [2.05, 4.69) is 64.7 Å². The number of primary amides is 1. The Kier molecular flexibility index (Phi) is 30.3. The molecule has 3 rings (SSSR count). The normalized spacial score (nSPS) is 22.8. The number of ether oxygens (including phenoxy) is 1. The monoisotopic (exact) mass is 1180 g/mol. The Balaban J connectivity index is 2.10. The Bertz CT molecular complexity index is 2610. The fourth-order valence-corrected chi connectivity index (χ4v) is 8.67. The Labute approximate surface area is 487 Å². The molecular formula is C56H84N12O16. The lowest BCUT2D eigenvalue weighted by atomic mass is 10.0. The van der Waals surface area contributed by atoms with Crippen LogP contribution in [0.5, 0.6) is 5.75 Å². The Morgan fingerprint density at radius 1 is 0.762 bits per heavy atom. The zero-order valence-electron chi connectivity index (χ0n) is 48.4. The summed E-state index contributed by atoms with van der Waals surface area (Å²) in [5.74, 6) is -12.1. The Hall–Kier alpha value is -8.24. The molecule has 0 saturated carbocycles. The van der Waals surface area contributed by atoms with Crippen molar-refractivity contribution in [1.29, 1.82) is 0 Å². The van der Waals surface area contributed by atoms with Crippen molar-refractivity contribution in [2.75, 3.05) is 6.54 Å². The first-order valence-corrected chi connectivity index (χ1v) is 28.2. The zero-order chi connectivity index (χ0) is 62.5. The maximum Gasteiger partial charge on any atom is 0.329 e. The van der Waals surface area contributed by atoms with Crippen molar-refractivity contribution < 1.29 is 77.9 Å². The topological polar surface area (TPSA) is 441 Å². The number of phenolic OH excluding ortho intramolecular Hbond substituents is 1. The summed E-state index contributed by atoms with van der Waals surface area (Å²) in [5, 5.41) is 63.7. The number of aromatic amines is 1. The average molecular weight is 1180 g/mol. The number of nitrogens with zero attached hydrogens (tertiary/aromatic N) is 1. The molecule has 28 heteroatoms. The van der Waals surface area contributed by atoms with Gasteiger partial charge < -0.3 is 83.7 Å². The molecule has 0 spiro atoms. The van der Waals surface area contributed by atoms with E-state index in [1.165, 1.54) is 76.0 Å². The predicted octanol–water partition coefficient (Wildman–Crippen LogP) is -1.39. The number of aliphatic hydroxyl groups excluding tert-OH is 3. The molecule has 1 aliphatic rings. The molecule has 2 heterocycles. The predicted molar refractivity (Wildman–Crippen MR) is 302 cm³/mol. The minimum atomic E-state index is -2.02. The third-order valence-electron chi connectivity index (χ3n) is 13.5. The zero-order valence-corrected chi connectivity index (χ0v) is 48.4. The lowest BCUT2D eigenvalue weighted by Crippen LogP contribution is -2.62. The number of imidazole rings is 1. The number of nitrogens with one attached hydrogen (secondary N) is 10. The number of nitrogens with two attached hydrogens (primary N) is 1. The number of carbonyl (C=O) groups is 11. The lowest BCUT2D eigenvalue weighted by Gasteiger charge is -2.30. The number of carbonyl (C=O) groups excluding carboxylic acids is 11. The van der Waals surface area contributed by atoms with Crippen LogP contribution < -0.4 is 53.6 Å². The summed E-state index contributed by atoms with van der Waals surface area (Å²) >= 11 is 0. The second-order valence-corrected chi connectivity index (χ2v) is 20.5. The minimum absolute atomic E-state index is 0.150. The van der Waals surface area contributed by atoms with Crippen molar-refractivity contribution in [2.45, 2.75) is 199 Å². The molecule has 1 fully saturated rings. The summed E-state index contributed by atoms with van der Waals surface area (Å²) in [7, 11) is 0. The van der Waals surface area contributed by atoms with Crippen LogP contribution in [0.25, 0.3) is 0 Å². The minimum Gasteiger partial charge on any atom is -0.508 e. The molecular weight excluding hydrogens is 1100 g/mol. The van der Waals surface area contributed by atoms with E-state index in [0.717, 1.165) is 59.0 Å². The van der Waals surface area contributed by atoms with Crippen molar-refractivity contribution in [1.82, 2.24) is 57.8 Å². The molecule has 28 nitrogen and oxygen atoms in total. The summed E-state index contributed by atoms with van der Waals surface area (Å²) in [5.41, 5.74) is 5.01. The van der Waals surface area contributed by atoms with Crippen LogP contribution >= 0.6 is 0 Å². The number of hydrogen-bond acceptors (Lipinski definition) is 17. The van der Waals surface area contributed by atoms with Crippen molar-refractivity contribution in [3.63, 3.8) is 0 Å². The second kappa shape index (κ2) is 36.4. The molecule has 84 heavy (non-hydrogen) atoms. The van der Waals surface area contributed by atoms with Crippen molar-refractivity contribution in [3.8, 4) is 5.75 Å². The van der Waals surface area contributed by atoms with E-state index in [-0.39, 0.29) is 17.9 Å². The number of aromatic nitrogens is 2. The van der Waals surface area contributed by atoms with Gasteiger partial charge in [0.1, 0.15) is 59.5 Å². The van der Waals surface area contributed by atoms with E-state index in [9.17, 15) is 73.2 Å². The molecule has 1 aliphatic heterocycles. The van der Waals surface area contributed by atoms with Crippen LogP contribution in [0, 0.1) is 0 Å². The van der Waals surface area contributed by atoms with Gasteiger partial charge in [-0.15, -0.1) is 0 Å². The number of rotatable bonds is 24. The lowest BCUT2D eigenvalue weighted by molar-refractivity contribution is -0.156. The molecule has 0 aliphatic carbocycles.